The van der Waals surface area contributed by atoms with Gasteiger partial charge in [-0.3, -0.25) is 0 Å². The average Bonchev–Trinajstić information content (AvgIpc) is 2.39. The molecule has 1 N–H and O–H groups in total. The molecule has 0 aromatic heterocycles. The van der Waals surface area contributed by atoms with Crippen LogP contribution in [-0.2, 0) is 0 Å². The fourth-order valence-electron chi connectivity index (χ4n) is 2.10. The largest absolute Gasteiger partial charge is 0.388 e. The summed E-state index contributed by atoms with van der Waals surface area (Å²) < 4.78 is 0. The predicted octanol–water partition coefficient (Wildman–Crippen LogP) is 2.95. The number of aliphatic hydroxyl groups excluding tert-OH is 1. The molecule has 0 radical (unpaired) electrons. The molecule has 1 aromatic carbocycles. The van der Waals surface area contributed by atoms with Crippen molar-refractivity contribution in [3.8, 4) is 6.07 Å². The van der Waals surface area contributed by atoms with Crippen LogP contribution in [0.4, 0.5) is 0 Å². The van der Waals surface area contributed by atoms with Gasteiger partial charge in [0.2, 0.25) is 0 Å². The minimum absolute atomic E-state index is 0.224. The lowest BCUT2D eigenvalue weighted by Gasteiger charge is -2.22. The number of hydrogen-bond acceptors (Lipinski definition) is 2. The maximum atomic E-state index is 10.2. The first kappa shape index (κ1) is 10.9. The molecule has 0 saturated heterocycles. The van der Waals surface area contributed by atoms with Gasteiger partial charge in [-0.05, 0) is 37.0 Å². The van der Waals surface area contributed by atoms with Gasteiger partial charge < -0.3 is 5.11 Å². The first-order valence-corrected chi connectivity index (χ1v) is 5.66. The van der Waals surface area contributed by atoms with E-state index in [9.17, 15) is 5.11 Å². The van der Waals surface area contributed by atoms with Crippen LogP contribution < -0.4 is 0 Å². The fraction of sp³-hybridized carbons (Fsp3) is 0.357. The summed E-state index contributed by atoms with van der Waals surface area (Å²) in [5.41, 5.74) is 1.53. The van der Waals surface area contributed by atoms with Crippen LogP contribution >= 0.6 is 0 Å². The van der Waals surface area contributed by atoms with Gasteiger partial charge >= 0.3 is 0 Å². The number of hydrogen-bond donors (Lipinski definition) is 1. The highest BCUT2D eigenvalue weighted by atomic mass is 16.3. The highest BCUT2D eigenvalue weighted by molar-refractivity contribution is 5.32. The molecule has 0 amide bonds. The van der Waals surface area contributed by atoms with E-state index < -0.39 is 6.10 Å². The quantitative estimate of drug-likeness (QED) is 0.767. The molecule has 0 spiro atoms. The summed E-state index contributed by atoms with van der Waals surface area (Å²) in [4.78, 5) is 0. The normalized spacial score (nSPS) is 21.4. The second-order valence-electron chi connectivity index (χ2n) is 4.20. The third kappa shape index (κ3) is 2.32. The van der Waals surface area contributed by atoms with Crippen LogP contribution in [0.5, 0.6) is 0 Å². The van der Waals surface area contributed by atoms with Crippen LogP contribution in [-0.4, -0.2) is 5.11 Å². The molecular weight excluding hydrogens is 198 g/mol. The number of aliphatic hydroxyl groups is 1. The van der Waals surface area contributed by atoms with Gasteiger partial charge in [0.1, 0.15) is 0 Å². The monoisotopic (exact) mass is 213 g/mol. The van der Waals surface area contributed by atoms with Gasteiger partial charge in [0.05, 0.1) is 17.7 Å². The van der Waals surface area contributed by atoms with Crippen molar-refractivity contribution in [1.29, 1.82) is 5.26 Å². The summed E-state index contributed by atoms with van der Waals surface area (Å²) in [7, 11) is 0. The SMILES string of the molecule is N#Cc1ccc([C@H](O)[C@@H]2C=CCCC2)cc1. The van der Waals surface area contributed by atoms with Gasteiger partial charge in [-0.25, -0.2) is 0 Å². The lowest BCUT2D eigenvalue weighted by molar-refractivity contribution is 0.123. The molecular formula is C14H15NO. The molecule has 0 aliphatic heterocycles. The standard InChI is InChI=1S/C14H15NO/c15-10-11-6-8-13(9-7-11)14(16)12-4-2-1-3-5-12/h2,4,6-9,12,14,16H,1,3,5H2/t12-,14-/m1/s1. The molecule has 0 saturated carbocycles. The van der Waals surface area contributed by atoms with E-state index in [2.05, 4.69) is 18.2 Å². The molecule has 0 fully saturated rings. The summed E-state index contributed by atoms with van der Waals surface area (Å²) in [5, 5.41) is 18.9. The van der Waals surface area contributed by atoms with Crippen LogP contribution in [0.3, 0.4) is 0 Å². The van der Waals surface area contributed by atoms with Crippen LogP contribution in [0.1, 0.15) is 36.5 Å². The molecule has 16 heavy (non-hydrogen) atoms. The van der Waals surface area contributed by atoms with E-state index in [1.807, 2.05) is 12.1 Å². The van der Waals surface area contributed by atoms with Crippen LogP contribution in [0.15, 0.2) is 36.4 Å². The van der Waals surface area contributed by atoms with Crippen LogP contribution in [0.2, 0.25) is 0 Å². The summed E-state index contributed by atoms with van der Waals surface area (Å²) in [6.07, 6.45) is 7.11. The van der Waals surface area contributed by atoms with Gasteiger partial charge in [-0.15, -0.1) is 0 Å². The molecule has 0 heterocycles. The van der Waals surface area contributed by atoms with Gasteiger partial charge in [-0.2, -0.15) is 5.26 Å². The number of benzene rings is 1. The molecule has 82 valence electrons. The number of nitrogens with zero attached hydrogens (tertiary/aromatic N) is 1. The minimum atomic E-state index is -0.440. The third-order valence-corrected chi connectivity index (χ3v) is 3.08. The Morgan fingerprint density at radius 2 is 2.06 bits per heavy atom. The number of nitriles is 1. The van der Waals surface area contributed by atoms with Crippen molar-refractivity contribution in [2.24, 2.45) is 5.92 Å². The Labute approximate surface area is 95.8 Å². The summed E-state index contributed by atoms with van der Waals surface area (Å²) >= 11 is 0. The van der Waals surface area contributed by atoms with Crippen LogP contribution in [0.25, 0.3) is 0 Å². The Morgan fingerprint density at radius 1 is 1.31 bits per heavy atom. The van der Waals surface area contributed by atoms with Gasteiger partial charge in [0, 0.05) is 5.92 Å². The van der Waals surface area contributed by atoms with Gasteiger partial charge in [-0.1, -0.05) is 24.3 Å². The second kappa shape index (κ2) is 4.96. The van der Waals surface area contributed by atoms with E-state index in [1.54, 1.807) is 12.1 Å². The maximum Gasteiger partial charge on any atom is 0.0991 e. The summed E-state index contributed by atoms with van der Waals surface area (Å²) in [6, 6.07) is 9.27. The van der Waals surface area contributed by atoms with E-state index in [4.69, 9.17) is 5.26 Å². The van der Waals surface area contributed by atoms with Crippen molar-refractivity contribution in [3.05, 3.63) is 47.5 Å². The molecule has 1 aliphatic carbocycles. The predicted molar refractivity (Wildman–Crippen MR) is 62.6 cm³/mol. The highest BCUT2D eigenvalue weighted by Gasteiger charge is 2.19. The minimum Gasteiger partial charge on any atom is -0.388 e. The average molecular weight is 213 g/mol. The van der Waals surface area contributed by atoms with Crippen molar-refractivity contribution in [3.63, 3.8) is 0 Å². The van der Waals surface area contributed by atoms with Gasteiger partial charge in [0.25, 0.3) is 0 Å². The van der Waals surface area contributed by atoms with E-state index in [0.29, 0.717) is 5.56 Å². The van der Waals surface area contributed by atoms with Crippen molar-refractivity contribution in [1.82, 2.24) is 0 Å². The van der Waals surface area contributed by atoms with Crippen molar-refractivity contribution in [2.75, 3.05) is 0 Å². The van der Waals surface area contributed by atoms with Crippen molar-refractivity contribution >= 4 is 0 Å². The first-order valence-electron chi connectivity index (χ1n) is 5.66. The number of allylic oxidation sites excluding steroid dienone is 1. The Balaban J connectivity index is 2.13. The Morgan fingerprint density at radius 3 is 2.62 bits per heavy atom. The van der Waals surface area contributed by atoms with Gasteiger partial charge in [0.15, 0.2) is 0 Å². The third-order valence-electron chi connectivity index (χ3n) is 3.08. The fourth-order valence-corrected chi connectivity index (χ4v) is 2.10. The van der Waals surface area contributed by atoms with E-state index in [0.717, 1.165) is 24.8 Å². The van der Waals surface area contributed by atoms with Crippen LogP contribution in [0, 0.1) is 17.2 Å². The topological polar surface area (TPSA) is 44.0 Å². The molecule has 2 atom stereocenters. The first-order chi connectivity index (χ1) is 7.81. The molecule has 2 heteroatoms. The molecule has 0 bridgehead atoms. The zero-order valence-corrected chi connectivity index (χ0v) is 9.13. The lowest BCUT2D eigenvalue weighted by atomic mass is 9.87. The number of rotatable bonds is 2. The molecule has 1 aliphatic rings. The lowest BCUT2D eigenvalue weighted by Crippen LogP contribution is -2.12. The second-order valence-corrected chi connectivity index (χ2v) is 4.20. The molecule has 1 aromatic rings. The van der Waals surface area contributed by atoms with E-state index in [1.165, 1.54) is 0 Å². The van der Waals surface area contributed by atoms with Crippen molar-refractivity contribution in [2.45, 2.75) is 25.4 Å². The highest BCUT2D eigenvalue weighted by Crippen LogP contribution is 2.30. The Bertz CT molecular complexity index is 413. The molecule has 2 rings (SSSR count). The zero-order valence-electron chi connectivity index (χ0n) is 9.13. The van der Waals surface area contributed by atoms with Crippen molar-refractivity contribution < 1.29 is 5.11 Å². The summed E-state index contributed by atoms with van der Waals surface area (Å²) in [6.45, 7) is 0. The Kier molecular flexibility index (Phi) is 3.38. The van der Waals surface area contributed by atoms with E-state index >= 15 is 0 Å². The summed E-state index contributed by atoms with van der Waals surface area (Å²) in [5.74, 6) is 0.224. The zero-order chi connectivity index (χ0) is 11.4. The van der Waals surface area contributed by atoms with E-state index in [-0.39, 0.29) is 5.92 Å². The Hall–Kier alpha value is -1.59. The molecule has 0 unspecified atom stereocenters. The maximum absolute atomic E-state index is 10.2. The smallest absolute Gasteiger partial charge is 0.0991 e. The molecule has 2 nitrogen and oxygen atoms in total.